The summed E-state index contributed by atoms with van der Waals surface area (Å²) in [6.07, 6.45) is 1.40. The van der Waals surface area contributed by atoms with Crippen molar-refractivity contribution in [1.82, 2.24) is 4.98 Å². The number of aromatic nitrogens is 1. The maximum Gasteiger partial charge on any atom is 0.265 e. The van der Waals surface area contributed by atoms with Crippen LogP contribution in [0.3, 0.4) is 0 Å². The molecule has 5 nitrogen and oxygen atoms in total. The highest BCUT2D eigenvalue weighted by Gasteiger charge is 2.19. The largest absolute Gasteiger partial charge is 0.383 e. The standard InChI is InChI=1S/C11H9Cl2N3O2S/c12-7-3-4-8(13)9(6-7)16-19(17,18)10-2-1-5-15-11(10)14/h1-6,16H,(H2,14,15). The van der Waals surface area contributed by atoms with Gasteiger partial charge in [0.05, 0.1) is 10.7 Å². The van der Waals surface area contributed by atoms with Gasteiger partial charge in [0.1, 0.15) is 10.7 Å². The molecule has 0 saturated carbocycles. The minimum atomic E-state index is -3.86. The van der Waals surface area contributed by atoms with E-state index >= 15 is 0 Å². The minimum Gasteiger partial charge on any atom is -0.383 e. The zero-order chi connectivity index (χ0) is 14.0. The molecular weight excluding hydrogens is 309 g/mol. The summed E-state index contributed by atoms with van der Waals surface area (Å²) >= 11 is 11.7. The number of sulfonamides is 1. The number of benzene rings is 1. The summed E-state index contributed by atoms with van der Waals surface area (Å²) in [5.41, 5.74) is 5.72. The lowest BCUT2D eigenvalue weighted by molar-refractivity contribution is 0.601. The van der Waals surface area contributed by atoms with E-state index in [4.69, 9.17) is 28.9 Å². The third-order valence-corrected chi connectivity index (χ3v) is 4.24. The van der Waals surface area contributed by atoms with E-state index in [-0.39, 0.29) is 21.4 Å². The molecule has 0 fully saturated rings. The lowest BCUT2D eigenvalue weighted by Gasteiger charge is -2.10. The van der Waals surface area contributed by atoms with Gasteiger partial charge < -0.3 is 5.73 Å². The third-order valence-electron chi connectivity index (χ3n) is 2.26. The van der Waals surface area contributed by atoms with Crippen LogP contribution in [0.15, 0.2) is 41.4 Å². The maximum absolute atomic E-state index is 12.2. The predicted octanol–water partition coefficient (Wildman–Crippen LogP) is 2.77. The van der Waals surface area contributed by atoms with Gasteiger partial charge in [0, 0.05) is 11.2 Å². The van der Waals surface area contributed by atoms with Crippen LogP contribution in [0, 0.1) is 0 Å². The molecule has 0 aliphatic carbocycles. The van der Waals surface area contributed by atoms with Crippen LogP contribution in [0.4, 0.5) is 11.5 Å². The number of hydrogen-bond donors (Lipinski definition) is 2. The van der Waals surface area contributed by atoms with Crippen LogP contribution in [0.25, 0.3) is 0 Å². The fourth-order valence-corrected chi connectivity index (χ4v) is 2.95. The smallest absolute Gasteiger partial charge is 0.265 e. The molecule has 0 bridgehead atoms. The first-order valence-electron chi connectivity index (χ1n) is 5.08. The molecule has 0 aliphatic heterocycles. The Morgan fingerprint density at radius 1 is 1.21 bits per heavy atom. The number of hydrogen-bond acceptors (Lipinski definition) is 4. The highest BCUT2D eigenvalue weighted by atomic mass is 35.5. The van der Waals surface area contributed by atoms with E-state index < -0.39 is 10.0 Å². The van der Waals surface area contributed by atoms with Gasteiger partial charge in [-0.1, -0.05) is 23.2 Å². The second kappa shape index (κ2) is 5.24. The molecule has 100 valence electrons. The Bertz CT molecular complexity index is 720. The Labute approximate surface area is 120 Å². The van der Waals surface area contributed by atoms with Crippen molar-refractivity contribution in [2.75, 3.05) is 10.5 Å². The summed E-state index contributed by atoms with van der Waals surface area (Å²) < 4.78 is 26.6. The zero-order valence-corrected chi connectivity index (χ0v) is 11.8. The highest BCUT2D eigenvalue weighted by Crippen LogP contribution is 2.28. The molecule has 2 rings (SSSR count). The van der Waals surface area contributed by atoms with Crippen molar-refractivity contribution in [3.05, 3.63) is 46.6 Å². The summed E-state index contributed by atoms with van der Waals surface area (Å²) in [7, 11) is -3.86. The van der Waals surface area contributed by atoms with Crippen LogP contribution in [0.2, 0.25) is 10.0 Å². The van der Waals surface area contributed by atoms with Crippen molar-refractivity contribution in [2.24, 2.45) is 0 Å². The molecule has 2 aromatic rings. The highest BCUT2D eigenvalue weighted by molar-refractivity contribution is 7.92. The van der Waals surface area contributed by atoms with E-state index in [1.54, 1.807) is 6.07 Å². The average Bonchev–Trinajstić information content (AvgIpc) is 2.34. The molecule has 0 unspecified atom stereocenters. The first-order valence-corrected chi connectivity index (χ1v) is 7.32. The Morgan fingerprint density at radius 2 is 1.95 bits per heavy atom. The van der Waals surface area contributed by atoms with Crippen molar-refractivity contribution < 1.29 is 8.42 Å². The topological polar surface area (TPSA) is 85.1 Å². The van der Waals surface area contributed by atoms with Gasteiger partial charge in [0.2, 0.25) is 0 Å². The molecule has 0 spiro atoms. The van der Waals surface area contributed by atoms with Gasteiger partial charge in [0.25, 0.3) is 10.0 Å². The number of pyridine rings is 1. The first-order chi connectivity index (χ1) is 8.90. The number of nitrogens with zero attached hydrogens (tertiary/aromatic N) is 1. The van der Waals surface area contributed by atoms with Gasteiger partial charge in [-0.2, -0.15) is 0 Å². The van der Waals surface area contributed by atoms with Crippen molar-refractivity contribution in [3.8, 4) is 0 Å². The molecule has 1 aromatic heterocycles. The molecule has 0 radical (unpaired) electrons. The van der Waals surface area contributed by atoms with Gasteiger partial charge >= 0.3 is 0 Å². The SMILES string of the molecule is Nc1ncccc1S(=O)(=O)Nc1cc(Cl)ccc1Cl. The molecule has 8 heteroatoms. The average molecular weight is 318 g/mol. The molecule has 19 heavy (non-hydrogen) atoms. The summed E-state index contributed by atoms with van der Waals surface area (Å²) in [5.74, 6) is -0.0897. The molecule has 1 aromatic carbocycles. The van der Waals surface area contributed by atoms with Crippen molar-refractivity contribution >= 4 is 44.7 Å². The normalized spacial score (nSPS) is 11.3. The Balaban J connectivity index is 2.43. The number of halogens is 2. The van der Waals surface area contributed by atoms with E-state index in [9.17, 15) is 8.42 Å². The molecule has 1 heterocycles. The molecular formula is C11H9Cl2N3O2S. The molecule has 0 aliphatic rings. The van der Waals surface area contributed by atoms with Crippen molar-refractivity contribution in [1.29, 1.82) is 0 Å². The van der Waals surface area contributed by atoms with Crippen LogP contribution in [-0.4, -0.2) is 13.4 Å². The number of rotatable bonds is 3. The van der Waals surface area contributed by atoms with Gasteiger partial charge in [0.15, 0.2) is 0 Å². The van der Waals surface area contributed by atoms with Gasteiger partial charge in [-0.3, -0.25) is 4.72 Å². The summed E-state index contributed by atoms with van der Waals surface area (Å²) in [6, 6.07) is 7.29. The van der Waals surface area contributed by atoms with E-state index in [1.165, 1.54) is 30.5 Å². The number of nitrogen functional groups attached to an aromatic ring is 1. The Morgan fingerprint density at radius 3 is 2.63 bits per heavy atom. The molecule has 0 amide bonds. The van der Waals surface area contributed by atoms with E-state index in [0.29, 0.717) is 5.02 Å². The molecule has 3 N–H and O–H groups in total. The van der Waals surface area contributed by atoms with Crippen LogP contribution in [0.1, 0.15) is 0 Å². The lowest BCUT2D eigenvalue weighted by atomic mass is 10.3. The summed E-state index contributed by atoms with van der Waals surface area (Å²) in [5, 5.41) is 0.594. The van der Waals surface area contributed by atoms with E-state index in [0.717, 1.165) is 0 Å². The quantitative estimate of drug-likeness (QED) is 0.911. The fraction of sp³-hybridized carbons (Fsp3) is 0. The molecule has 0 saturated heterocycles. The van der Waals surface area contributed by atoms with Crippen LogP contribution >= 0.6 is 23.2 Å². The first kappa shape index (κ1) is 13.9. The van der Waals surface area contributed by atoms with Gasteiger partial charge in [-0.25, -0.2) is 13.4 Å². The predicted molar refractivity (Wildman–Crippen MR) is 75.9 cm³/mol. The second-order valence-corrected chi connectivity index (χ2v) is 6.11. The molecule has 0 atom stereocenters. The van der Waals surface area contributed by atoms with E-state index in [2.05, 4.69) is 9.71 Å². The van der Waals surface area contributed by atoms with Crippen molar-refractivity contribution in [3.63, 3.8) is 0 Å². The monoisotopic (exact) mass is 317 g/mol. The number of nitrogens with two attached hydrogens (primary N) is 1. The van der Waals surface area contributed by atoms with E-state index in [1.807, 2.05) is 0 Å². The second-order valence-electron chi connectivity index (χ2n) is 3.62. The van der Waals surface area contributed by atoms with Crippen LogP contribution < -0.4 is 10.5 Å². The van der Waals surface area contributed by atoms with Crippen LogP contribution in [0.5, 0.6) is 0 Å². The Kier molecular flexibility index (Phi) is 3.84. The number of nitrogens with one attached hydrogen (secondary N) is 1. The summed E-state index contributed by atoms with van der Waals surface area (Å²) in [6.45, 7) is 0. The summed E-state index contributed by atoms with van der Waals surface area (Å²) in [4.78, 5) is 3.61. The lowest BCUT2D eigenvalue weighted by Crippen LogP contribution is -2.15. The fourth-order valence-electron chi connectivity index (χ4n) is 1.41. The third kappa shape index (κ3) is 3.09. The number of anilines is 2. The maximum atomic E-state index is 12.2. The van der Waals surface area contributed by atoms with Gasteiger partial charge in [-0.05, 0) is 30.3 Å². The van der Waals surface area contributed by atoms with Gasteiger partial charge in [-0.15, -0.1) is 0 Å². The zero-order valence-electron chi connectivity index (χ0n) is 9.47. The van der Waals surface area contributed by atoms with Crippen molar-refractivity contribution in [2.45, 2.75) is 4.90 Å². The van der Waals surface area contributed by atoms with Crippen LogP contribution in [-0.2, 0) is 10.0 Å². The minimum absolute atomic E-state index is 0.0897. The Hall–Kier alpha value is -1.50.